The minimum atomic E-state index is -0.640. The maximum atomic E-state index is 13.2. The number of carbonyl (C=O) groups is 1. The molecule has 0 atom stereocenters. The number of amides is 1. The number of aromatic nitrogens is 2. The van der Waals surface area contributed by atoms with Crippen LogP contribution in [0.5, 0.6) is 0 Å². The van der Waals surface area contributed by atoms with Crippen molar-refractivity contribution < 1.29 is 4.79 Å². The van der Waals surface area contributed by atoms with Gasteiger partial charge in [0.1, 0.15) is 11.4 Å². The van der Waals surface area contributed by atoms with Crippen molar-refractivity contribution in [1.29, 1.82) is 0 Å². The van der Waals surface area contributed by atoms with Crippen LogP contribution in [-0.4, -0.2) is 21.6 Å². The summed E-state index contributed by atoms with van der Waals surface area (Å²) < 4.78 is 2.49. The molecule has 0 spiro atoms. The van der Waals surface area contributed by atoms with Crippen LogP contribution in [0.25, 0.3) is 5.69 Å². The number of hydrogen-bond donors (Lipinski definition) is 2. The number of fused-ring (bicyclic) bond motifs is 1. The fourth-order valence-corrected chi connectivity index (χ4v) is 3.29. The molecule has 1 aliphatic heterocycles. The zero-order valence-electron chi connectivity index (χ0n) is 15.7. The summed E-state index contributed by atoms with van der Waals surface area (Å²) in [6.07, 6.45) is 0. The summed E-state index contributed by atoms with van der Waals surface area (Å²) in [4.78, 5) is 39.0. The van der Waals surface area contributed by atoms with E-state index in [1.54, 1.807) is 24.3 Å². The van der Waals surface area contributed by atoms with E-state index in [0.29, 0.717) is 24.5 Å². The van der Waals surface area contributed by atoms with Crippen molar-refractivity contribution in [3.8, 4) is 5.69 Å². The van der Waals surface area contributed by atoms with Crippen LogP contribution in [0.15, 0.2) is 58.1 Å². The number of nitrogens with one attached hydrogen (secondary N) is 2. The van der Waals surface area contributed by atoms with E-state index in [-0.39, 0.29) is 11.4 Å². The Kier molecular flexibility index (Phi) is 4.35. The summed E-state index contributed by atoms with van der Waals surface area (Å²) in [5, 5.41) is 5.76. The molecule has 0 unspecified atom stereocenters. The summed E-state index contributed by atoms with van der Waals surface area (Å²) in [5.74, 6) is -0.282. The third kappa shape index (κ3) is 3.00. The van der Waals surface area contributed by atoms with Gasteiger partial charge in [-0.15, -0.1) is 0 Å². The van der Waals surface area contributed by atoms with E-state index in [9.17, 15) is 14.4 Å². The van der Waals surface area contributed by atoms with Crippen LogP contribution in [0.1, 0.15) is 21.5 Å². The first-order valence-electron chi connectivity index (χ1n) is 9.04. The van der Waals surface area contributed by atoms with Crippen LogP contribution in [0.2, 0.25) is 0 Å². The lowest BCUT2D eigenvalue weighted by Gasteiger charge is -2.14. The van der Waals surface area contributed by atoms with Gasteiger partial charge in [0.2, 0.25) is 0 Å². The number of anilines is 2. The largest absolute Gasteiger partial charge is 0.369 e. The predicted molar refractivity (Wildman–Crippen MR) is 109 cm³/mol. The summed E-state index contributed by atoms with van der Waals surface area (Å²) in [6, 6.07) is 14.3. The Morgan fingerprint density at radius 3 is 2.21 bits per heavy atom. The topological polar surface area (TPSA) is 85.1 Å². The molecule has 0 radical (unpaired) electrons. The van der Waals surface area contributed by atoms with Crippen molar-refractivity contribution >= 4 is 17.4 Å². The Morgan fingerprint density at radius 1 is 0.964 bits per heavy atom. The number of carbonyl (C=O) groups excluding carboxylic acids is 1. The summed E-state index contributed by atoms with van der Waals surface area (Å²) >= 11 is 0. The Morgan fingerprint density at radius 2 is 1.57 bits per heavy atom. The Bertz CT molecular complexity index is 1170. The Balaban J connectivity index is 1.86. The second-order valence-electron chi connectivity index (χ2n) is 6.88. The minimum Gasteiger partial charge on any atom is -0.369 e. The predicted octanol–water partition coefficient (Wildman–Crippen LogP) is 2.29. The molecule has 7 nitrogen and oxygen atoms in total. The lowest BCUT2D eigenvalue weighted by molar-refractivity contribution is 0.102. The first-order valence-corrected chi connectivity index (χ1v) is 9.04. The molecule has 7 heteroatoms. The smallest absolute Gasteiger partial charge is 0.337 e. The second-order valence-corrected chi connectivity index (χ2v) is 6.88. The van der Waals surface area contributed by atoms with Crippen molar-refractivity contribution in [2.45, 2.75) is 20.4 Å². The lowest BCUT2D eigenvalue weighted by atomic mass is 10.2. The molecule has 142 valence electrons. The molecule has 0 fully saturated rings. The van der Waals surface area contributed by atoms with Crippen molar-refractivity contribution in [2.75, 3.05) is 17.2 Å². The van der Waals surface area contributed by atoms with E-state index in [1.807, 2.05) is 38.1 Å². The van der Waals surface area contributed by atoms with Crippen LogP contribution in [0.3, 0.4) is 0 Å². The first-order chi connectivity index (χ1) is 13.5. The van der Waals surface area contributed by atoms with Gasteiger partial charge in [-0.25, -0.2) is 9.36 Å². The average Bonchev–Trinajstić information content (AvgIpc) is 3.15. The molecular formula is C21H20N4O3. The second kappa shape index (κ2) is 6.84. The maximum Gasteiger partial charge on any atom is 0.337 e. The third-order valence-corrected chi connectivity index (χ3v) is 4.80. The van der Waals surface area contributed by atoms with Crippen LogP contribution >= 0.6 is 0 Å². The normalized spacial score (nSPS) is 12.4. The van der Waals surface area contributed by atoms with Gasteiger partial charge < -0.3 is 10.6 Å². The Labute approximate surface area is 161 Å². The minimum absolute atomic E-state index is 0.0711. The Hall–Kier alpha value is -3.61. The molecule has 1 aliphatic rings. The van der Waals surface area contributed by atoms with Gasteiger partial charge in [-0.3, -0.25) is 14.2 Å². The van der Waals surface area contributed by atoms with Crippen molar-refractivity contribution in [3.63, 3.8) is 0 Å². The summed E-state index contributed by atoms with van der Waals surface area (Å²) in [6.45, 7) is 4.75. The zero-order valence-corrected chi connectivity index (χ0v) is 15.7. The van der Waals surface area contributed by atoms with Gasteiger partial charge in [0.15, 0.2) is 0 Å². The monoisotopic (exact) mass is 376 g/mol. The highest BCUT2D eigenvalue weighted by molar-refractivity contribution is 6.07. The molecule has 4 rings (SSSR count). The molecule has 28 heavy (non-hydrogen) atoms. The molecule has 0 aliphatic carbocycles. The SMILES string of the molecule is Cc1ccc(NC(=O)c2c3n(c(=O)n(-c4ccc(C)cc4)c2=O)CCN3)cc1. The molecule has 1 aromatic heterocycles. The molecule has 1 amide bonds. The van der Waals surface area contributed by atoms with Crippen LogP contribution in [0.4, 0.5) is 11.5 Å². The number of hydrogen-bond acceptors (Lipinski definition) is 4. The molecule has 3 aromatic rings. The van der Waals surface area contributed by atoms with E-state index in [0.717, 1.165) is 15.7 Å². The molecule has 0 bridgehead atoms. The summed E-state index contributed by atoms with van der Waals surface area (Å²) in [5.41, 5.74) is 1.93. The van der Waals surface area contributed by atoms with Gasteiger partial charge in [0.25, 0.3) is 11.5 Å². The first kappa shape index (κ1) is 17.8. The standard InChI is InChI=1S/C21H20N4O3/c1-13-3-7-15(8-4-13)23-19(26)17-18-22-11-12-24(18)21(28)25(20(17)27)16-9-5-14(2)6-10-16/h3-10,22H,11-12H2,1-2H3,(H,23,26). The molecule has 0 saturated heterocycles. The zero-order chi connectivity index (χ0) is 19.8. The number of aryl methyl sites for hydroxylation is 2. The number of benzene rings is 2. The molecule has 2 aromatic carbocycles. The maximum absolute atomic E-state index is 13.2. The highest BCUT2D eigenvalue weighted by Crippen LogP contribution is 2.18. The molecule has 0 saturated carbocycles. The number of nitrogens with zero attached hydrogens (tertiary/aromatic N) is 2. The third-order valence-electron chi connectivity index (χ3n) is 4.80. The number of rotatable bonds is 3. The van der Waals surface area contributed by atoms with Crippen LogP contribution < -0.4 is 21.9 Å². The average molecular weight is 376 g/mol. The van der Waals surface area contributed by atoms with Gasteiger partial charge in [0, 0.05) is 18.8 Å². The van der Waals surface area contributed by atoms with Crippen molar-refractivity contribution in [1.82, 2.24) is 9.13 Å². The van der Waals surface area contributed by atoms with Crippen molar-refractivity contribution in [2.24, 2.45) is 0 Å². The van der Waals surface area contributed by atoms with Crippen LogP contribution in [-0.2, 0) is 6.54 Å². The van der Waals surface area contributed by atoms with Gasteiger partial charge in [-0.1, -0.05) is 35.4 Å². The van der Waals surface area contributed by atoms with Gasteiger partial charge >= 0.3 is 5.69 Å². The quantitative estimate of drug-likeness (QED) is 0.735. The van der Waals surface area contributed by atoms with Gasteiger partial charge in [-0.2, -0.15) is 0 Å². The van der Waals surface area contributed by atoms with Gasteiger partial charge in [0.05, 0.1) is 5.69 Å². The van der Waals surface area contributed by atoms with E-state index >= 15 is 0 Å². The van der Waals surface area contributed by atoms with E-state index in [1.165, 1.54) is 4.57 Å². The van der Waals surface area contributed by atoms with E-state index < -0.39 is 17.2 Å². The fourth-order valence-electron chi connectivity index (χ4n) is 3.29. The van der Waals surface area contributed by atoms with Crippen molar-refractivity contribution in [3.05, 3.63) is 86.1 Å². The van der Waals surface area contributed by atoms with Crippen LogP contribution in [0, 0.1) is 13.8 Å². The van der Waals surface area contributed by atoms with E-state index in [4.69, 9.17) is 0 Å². The highest BCUT2D eigenvalue weighted by Gasteiger charge is 2.27. The molecule has 2 N–H and O–H groups in total. The molecular weight excluding hydrogens is 356 g/mol. The summed E-state index contributed by atoms with van der Waals surface area (Å²) in [7, 11) is 0. The lowest BCUT2D eigenvalue weighted by Crippen LogP contribution is -2.42. The highest BCUT2D eigenvalue weighted by atomic mass is 16.2. The van der Waals surface area contributed by atoms with E-state index in [2.05, 4.69) is 10.6 Å². The van der Waals surface area contributed by atoms with Gasteiger partial charge in [-0.05, 0) is 38.1 Å². The fraction of sp³-hybridized carbons (Fsp3) is 0.190. The molecule has 2 heterocycles.